The van der Waals surface area contributed by atoms with Crippen LogP contribution in [0, 0.1) is 38.3 Å². The zero-order valence-electron chi connectivity index (χ0n) is 32.3. The Bertz CT molecular complexity index is 2420. The number of aliphatic imine (C=N–C) groups is 1. The Morgan fingerprint density at radius 2 is 1.47 bits per heavy atom. The van der Waals surface area contributed by atoms with Gasteiger partial charge in [0.15, 0.2) is 0 Å². The van der Waals surface area contributed by atoms with Gasteiger partial charge in [-0.15, -0.1) is 18.2 Å². The van der Waals surface area contributed by atoms with E-state index >= 15 is 0 Å². The molecule has 5 aromatic carbocycles. The number of pyridine rings is 1. The van der Waals surface area contributed by atoms with Crippen molar-refractivity contribution in [1.29, 1.82) is 0 Å². The molecule has 0 amide bonds. The molecule has 0 bridgehead atoms. The molecule has 0 saturated heterocycles. The summed E-state index contributed by atoms with van der Waals surface area (Å²) in [4.78, 5) is 9.85. The number of benzene rings is 5. The molecule has 1 atom stereocenters. The summed E-state index contributed by atoms with van der Waals surface area (Å²) in [6.45, 7) is 13.5. The van der Waals surface area contributed by atoms with Gasteiger partial charge in [-0.25, -0.2) is 0 Å². The van der Waals surface area contributed by atoms with Crippen molar-refractivity contribution in [2.24, 2.45) is 10.4 Å². The third-order valence-corrected chi connectivity index (χ3v) is 14.2. The average Bonchev–Trinajstić information content (AvgIpc) is 3.66. The maximum absolute atomic E-state index is 6.35. The number of fused-ring (bicyclic) bond motifs is 4. The number of hydrogen-bond donors (Lipinski definition) is 0. The second kappa shape index (κ2) is 15.3. The first-order valence-corrected chi connectivity index (χ1v) is 25.7. The molecule has 53 heavy (non-hydrogen) atoms. The van der Waals surface area contributed by atoms with E-state index in [1.165, 1.54) is 37.8 Å². The van der Waals surface area contributed by atoms with Crippen molar-refractivity contribution in [3.05, 3.63) is 160 Å². The number of hydrogen-bond acceptors (Lipinski definition) is 3. The number of nitrogens with zero attached hydrogens (tertiary/aromatic N) is 2. The topological polar surface area (TPSA) is 38.4 Å². The van der Waals surface area contributed by atoms with Crippen molar-refractivity contribution in [2.75, 3.05) is 0 Å². The van der Waals surface area contributed by atoms with Crippen LogP contribution in [0.4, 0.5) is 5.69 Å². The van der Waals surface area contributed by atoms with E-state index in [0.717, 1.165) is 56.6 Å². The van der Waals surface area contributed by atoms with E-state index in [1.54, 1.807) is 0 Å². The van der Waals surface area contributed by atoms with Crippen LogP contribution >= 0.6 is 0 Å². The second-order valence-electron chi connectivity index (χ2n) is 16.5. The fraction of sp³-hybridized carbons (Fsp3) is 0.250. The quantitative estimate of drug-likeness (QED) is 0.127. The van der Waals surface area contributed by atoms with Crippen LogP contribution in [0.2, 0.25) is 17.3 Å². The predicted octanol–water partition coefficient (Wildman–Crippen LogP) is 12.3. The molecule has 0 N–H and O–H groups in total. The molecular weight excluding hydrogens is 885 g/mol. The number of para-hydroxylation sites is 2. The van der Waals surface area contributed by atoms with Crippen molar-refractivity contribution < 1.29 is 24.5 Å². The minimum absolute atomic E-state index is 0. The fourth-order valence-corrected chi connectivity index (χ4v) is 11.1. The molecule has 8 rings (SSSR count). The number of furan rings is 1. The molecular formula is C48H48GeIrN2O-2. The van der Waals surface area contributed by atoms with Crippen LogP contribution in [0.25, 0.3) is 33.2 Å². The van der Waals surface area contributed by atoms with Gasteiger partial charge in [-0.05, 0) is 60.9 Å². The monoisotopic (exact) mass is 935 g/mol. The average molecular weight is 934 g/mol. The number of aryl methyl sites for hydroxylation is 3. The van der Waals surface area contributed by atoms with Gasteiger partial charge in [0.1, 0.15) is 5.58 Å². The van der Waals surface area contributed by atoms with Crippen LogP contribution in [0.1, 0.15) is 65.6 Å². The molecule has 1 unspecified atom stereocenters. The summed E-state index contributed by atoms with van der Waals surface area (Å²) in [5, 5.41) is 2.24. The molecule has 0 aliphatic carbocycles. The first-order valence-electron chi connectivity index (χ1n) is 18.3. The van der Waals surface area contributed by atoms with Gasteiger partial charge in [-0.3, -0.25) is 4.99 Å². The minimum atomic E-state index is -1.90. The molecule has 5 heteroatoms. The standard InChI is InChI=1S/C29H22NO.C19H26GeN.Ir/c1-17-15-18(2)26(19(3)16-17)27-22-10-4-6-13-24(22)30-28(27)23-12-8-11-21-20-9-5-7-14-25(20)31-29(21)23;1-19(2,3)13-16-12-18(15-10-8-7-9-11-15)21-14-17(16)20(4,5)6;/h4-11,13-16,27H,1-3H3;7-10,12,14H,13H2,1-6H3;/q2*-1;. The van der Waals surface area contributed by atoms with Crippen molar-refractivity contribution in [3.63, 3.8) is 0 Å². The molecule has 0 fully saturated rings. The Morgan fingerprint density at radius 3 is 2.17 bits per heavy atom. The molecule has 0 spiro atoms. The van der Waals surface area contributed by atoms with Gasteiger partial charge in [0.25, 0.3) is 0 Å². The van der Waals surface area contributed by atoms with E-state index in [9.17, 15) is 0 Å². The van der Waals surface area contributed by atoms with Gasteiger partial charge >= 0.3 is 132 Å². The summed E-state index contributed by atoms with van der Waals surface area (Å²) in [5.41, 5.74) is 15.1. The zero-order valence-corrected chi connectivity index (χ0v) is 36.8. The third kappa shape index (κ3) is 8.06. The smallest absolute Gasteiger partial charge is 0.120 e. The molecule has 7 aromatic rings. The Hall–Kier alpha value is -4.09. The van der Waals surface area contributed by atoms with Crippen LogP contribution in [-0.4, -0.2) is 24.0 Å². The van der Waals surface area contributed by atoms with Crippen LogP contribution in [-0.2, 0) is 26.5 Å². The van der Waals surface area contributed by atoms with Crippen LogP contribution in [0.3, 0.4) is 0 Å². The maximum Gasteiger partial charge on any atom is 0.120 e. The first-order chi connectivity index (χ1) is 24.8. The Morgan fingerprint density at radius 1 is 0.774 bits per heavy atom. The molecule has 271 valence electrons. The van der Waals surface area contributed by atoms with E-state index in [4.69, 9.17) is 14.4 Å². The van der Waals surface area contributed by atoms with Gasteiger partial charge in [0, 0.05) is 31.4 Å². The van der Waals surface area contributed by atoms with Crippen LogP contribution in [0.5, 0.6) is 0 Å². The van der Waals surface area contributed by atoms with Crippen molar-refractivity contribution in [1.82, 2.24) is 4.98 Å². The summed E-state index contributed by atoms with van der Waals surface area (Å²) < 4.78 is 7.88. The van der Waals surface area contributed by atoms with Crippen molar-refractivity contribution >= 4 is 51.0 Å². The number of aromatic nitrogens is 1. The fourth-order valence-electron chi connectivity index (χ4n) is 7.78. The molecule has 0 saturated carbocycles. The molecule has 2 aromatic heterocycles. The molecule has 1 aliphatic heterocycles. The maximum atomic E-state index is 6.35. The number of rotatable bonds is 5. The van der Waals surface area contributed by atoms with Crippen molar-refractivity contribution in [3.8, 4) is 11.3 Å². The Labute approximate surface area is 331 Å². The molecule has 3 heterocycles. The second-order valence-corrected chi connectivity index (χ2v) is 27.1. The molecule has 1 aliphatic rings. The predicted molar refractivity (Wildman–Crippen MR) is 222 cm³/mol. The van der Waals surface area contributed by atoms with E-state index in [2.05, 4.69) is 144 Å². The van der Waals surface area contributed by atoms with E-state index in [-0.39, 0.29) is 26.0 Å². The summed E-state index contributed by atoms with van der Waals surface area (Å²) in [7, 11) is 0. The van der Waals surface area contributed by atoms with Gasteiger partial charge in [-0.2, -0.15) is 0 Å². The van der Waals surface area contributed by atoms with Gasteiger partial charge in [-0.1, -0.05) is 65.0 Å². The molecule has 1 radical (unpaired) electrons. The van der Waals surface area contributed by atoms with Gasteiger partial charge in [0.05, 0.1) is 11.3 Å². The largest absolute Gasteiger partial charge is 0.501 e. The zero-order chi connectivity index (χ0) is 36.8. The van der Waals surface area contributed by atoms with E-state index < -0.39 is 13.3 Å². The van der Waals surface area contributed by atoms with E-state index in [1.807, 2.05) is 36.4 Å². The summed E-state index contributed by atoms with van der Waals surface area (Å²) in [5.74, 6) is 7.39. The third-order valence-electron chi connectivity index (χ3n) is 9.89. The summed E-state index contributed by atoms with van der Waals surface area (Å²) >= 11 is -1.90. The van der Waals surface area contributed by atoms with Gasteiger partial charge < -0.3 is 4.42 Å². The van der Waals surface area contributed by atoms with Crippen LogP contribution in [0.15, 0.2) is 119 Å². The summed E-state index contributed by atoms with van der Waals surface area (Å²) in [6, 6.07) is 42.4. The SMILES string of the molecule is CC(C)(C)Cc1cc(-c2[c-]cccc2)nc[c]1[Ge]([CH3])([CH3])[CH3].Cc1cc(C)c(C2C(c3[c-]ccc4c3oc3ccccc34)=Nc3ccccc32)c(C)c1.[Ir]. The Balaban J connectivity index is 0.000000193. The Kier molecular flexibility index (Phi) is 11.2. The summed E-state index contributed by atoms with van der Waals surface area (Å²) in [6.07, 6.45) is 3.24. The normalized spacial score (nSPS) is 14.0. The van der Waals surface area contributed by atoms with Gasteiger partial charge in [0.2, 0.25) is 0 Å². The van der Waals surface area contributed by atoms with Crippen molar-refractivity contribution in [2.45, 2.75) is 71.1 Å². The first kappa shape index (κ1) is 38.6. The van der Waals surface area contributed by atoms with E-state index in [0.29, 0.717) is 5.41 Å². The molecule has 3 nitrogen and oxygen atoms in total. The van der Waals surface area contributed by atoms with Crippen LogP contribution < -0.4 is 4.40 Å². The minimum Gasteiger partial charge on any atom is -0.501 e.